The Bertz CT molecular complexity index is 655. The molecule has 0 aliphatic heterocycles. The maximum atomic E-state index is 11.6. The van der Waals surface area contributed by atoms with Crippen LogP contribution in [0.5, 0.6) is 0 Å². The highest BCUT2D eigenvalue weighted by atomic mass is 32.2. The lowest BCUT2D eigenvalue weighted by molar-refractivity contribution is -0.126. The zero-order valence-electron chi connectivity index (χ0n) is 12.7. The molecule has 0 atom stereocenters. The molecule has 0 unspecified atom stereocenters. The number of hydrogen-bond acceptors (Lipinski definition) is 7. The van der Waals surface area contributed by atoms with Gasteiger partial charge < -0.3 is 9.15 Å². The Hall–Kier alpha value is -2.33. The number of hydrogen-bond donors (Lipinski definition) is 2. The van der Waals surface area contributed by atoms with E-state index in [0.29, 0.717) is 29.9 Å². The first-order valence-corrected chi connectivity index (χ1v) is 7.74. The van der Waals surface area contributed by atoms with E-state index in [0.717, 1.165) is 0 Å². The summed E-state index contributed by atoms with van der Waals surface area (Å²) in [7, 11) is 1.60. The second-order valence-corrected chi connectivity index (χ2v) is 5.39. The Morgan fingerprint density at radius 1 is 1.39 bits per heavy atom. The van der Waals surface area contributed by atoms with Crippen molar-refractivity contribution in [2.75, 3.05) is 19.5 Å². The molecule has 0 saturated carbocycles. The van der Waals surface area contributed by atoms with Crippen LogP contribution in [0.1, 0.15) is 6.92 Å². The minimum absolute atomic E-state index is 0.0869. The lowest BCUT2D eigenvalue weighted by Gasteiger charge is -2.08. The topological polar surface area (TPSA) is 111 Å². The van der Waals surface area contributed by atoms with Crippen molar-refractivity contribution in [3.8, 4) is 11.6 Å². The first kappa shape index (κ1) is 17.0. The van der Waals surface area contributed by atoms with Crippen LogP contribution in [0.4, 0.5) is 0 Å². The first-order valence-electron chi connectivity index (χ1n) is 6.76. The van der Waals surface area contributed by atoms with Gasteiger partial charge in [-0.25, -0.2) is 0 Å². The van der Waals surface area contributed by atoms with Crippen LogP contribution < -0.4 is 10.9 Å². The van der Waals surface area contributed by atoms with Gasteiger partial charge in [0.15, 0.2) is 10.9 Å². The van der Waals surface area contributed by atoms with Crippen LogP contribution in [0.25, 0.3) is 11.6 Å². The highest BCUT2D eigenvalue weighted by Gasteiger charge is 2.17. The molecule has 0 radical (unpaired) electrons. The Morgan fingerprint density at radius 3 is 2.87 bits per heavy atom. The van der Waals surface area contributed by atoms with Gasteiger partial charge in [-0.15, -0.1) is 10.2 Å². The maximum absolute atomic E-state index is 11.6. The third kappa shape index (κ3) is 4.83. The molecule has 2 rings (SSSR count). The molecule has 0 aliphatic rings. The number of carbonyl (C=O) groups is 2. The number of amides is 2. The van der Waals surface area contributed by atoms with Gasteiger partial charge in [-0.2, -0.15) is 0 Å². The molecular weight excluding hydrogens is 322 g/mol. The van der Waals surface area contributed by atoms with Gasteiger partial charge in [-0.1, -0.05) is 11.8 Å². The SMILES string of the molecule is COCCn1c(SCC(=O)NNC(C)=O)nnc1-c1ccco1. The van der Waals surface area contributed by atoms with Gasteiger partial charge in [0.25, 0.3) is 0 Å². The van der Waals surface area contributed by atoms with Gasteiger partial charge in [0.2, 0.25) is 17.6 Å². The van der Waals surface area contributed by atoms with Crippen molar-refractivity contribution >= 4 is 23.6 Å². The van der Waals surface area contributed by atoms with Gasteiger partial charge >= 0.3 is 0 Å². The van der Waals surface area contributed by atoms with E-state index in [-0.39, 0.29) is 17.6 Å². The average Bonchev–Trinajstić information content (AvgIpc) is 3.17. The van der Waals surface area contributed by atoms with Crippen LogP contribution in [0.3, 0.4) is 0 Å². The molecule has 0 spiro atoms. The van der Waals surface area contributed by atoms with E-state index in [1.54, 1.807) is 25.5 Å². The van der Waals surface area contributed by atoms with Crippen LogP contribution in [-0.4, -0.2) is 46.0 Å². The van der Waals surface area contributed by atoms with Gasteiger partial charge in [0.1, 0.15) is 0 Å². The molecule has 0 aliphatic carbocycles. The smallest absolute Gasteiger partial charge is 0.248 e. The highest BCUT2D eigenvalue weighted by Crippen LogP contribution is 2.24. The fourth-order valence-electron chi connectivity index (χ4n) is 1.69. The van der Waals surface area contributed by atoms with Crippen molar-refractivity contribution < 1.29 is 18.7 Å². The number of furan rings is 1. The molecule has 0 aromatic carbocycles. The number of methoxy groups -OCH3 is 1. The molecule has 124 valence electrons. The normalized spacial score (nSPS) is 10.5. The number of aromatic nitrogens is 3. The summed E-state index contributed by atoms with van der Waals surface area (Å²) in [5, 5.41) is 8.75. The van der Waals surface area contributed by atoms with E-state index < -0.39 is 0 Å². The summed E-state index contributed by atoms with van der Waals surface area (Å²) in [6.07, 6.45) is 1.55. The summed E-state index contributed by atoms with van der Waals surface area (Å²) in [6.45, 7) is 2.30. The predicted molar refractivity (Wildman–Crippen MR) is 82.3 cm³/mol. The van der Waals surface area contributed by atoms with Gasteiger partial charge in [0.05, 0.1) is 25.2 Å². The second-order valence-electron chi connectivity index (χ2n) is 4.45. The summed E-state index contributed by atoms with van der Waals surface area (Å²) in [5.41, 5.74) is 4.52. The number of ether oxygens (including phenoxy) is 1. The molecule has 23 heavy (non-hydrogen) atoms. The molecule has 2 aromatic heterocycles. The molecule has 2 amide bonds. The van der Waals surface area contributed by atoms with Crippen molar-refractivity contribution in [3.63, 3.8) is 0 Å². The summed E-state index contributed by atoms with van der Waals surface area (Å²) in [6, 6.07) is 3.55. The number of thioether (sulfide) groups is 1. The van der Waals surface area contributed by atoms with Gasteiger partial charge in [-0.05, 0) is 12.1 Å². The fourth-order valence-corrected chi connectivity index (χ4v) is 2.46. The number of nitrogens with zero attached hydrogens (tertiary/aromatic N) is 3. The molecule has 9 nitrogen and oxygen atoms in total. The monoisotopic (exact) mass is 339 g/mol. The van der Waals surface area contributed by atoms with E-state index >= 15 is 0 Å². The minimum atomic E-state index is -0.342. The Kier molecular flexibility index (Phi) is 6.18. The molecule has 2 aromatic rings. The largest absolute Gasteiger partial charge is 0.461 e. The number of carbonyl (C=O) groups excluding carboxylic acids is 2. The van der Waals surface area contributed by atoms with Crippen LogP contribution in [0, 0.1) is 0 Å². The van der Waals surface area contributed by atoms with E-state index in [4.69, 9.17) is 9.15 Å². The molecule has 10 heteroatoms. The minimum Gasteiger partial charge on any atom is -0.461 e. The standard InChI is InChI=1S/C13H17N5O4S/c1-9(19)14-15-11(20)8-23-13-17-16-12(10-4-3-6-22-10)18(13)5-7-21-2/h3-4,6H,5,7-8H2,1-2H3,(H,14,19)(H,15,20). The Morgan fingerprint density at radius 2 is 2.22 bits per heavy atom. The van der Waals surface area contributed by atoms with Gasteiger partial charge in [-0.3, -0.25) is 25.0 Å². The van der Waals surface area contributed by atoms with Gasteiger partial charge in [0, 0.05) is 14.0 Å². The summed E-state index contributed by atoms with van der Waals surface area (Å²) >= 11 is 1.20. The van der Waals surface area contributed by atoms with Crippen molar-refractivity contribution in [1.82, 2.24) is 25.6 Å². The van der Waals surface area contributed by atoms with E-state index in [2.05, 4.69) is 21.0 Å². The van der Waals surface area contributed by atoms with Crippen molar-refractivity contribution in [2.45, 2.75) is 18.6 Å². The van der Waals surface area contributed by atoms with E-state index in [1.165, 1.54) is 18.7 Å². The summed E-state index contributed by atoms with van der Waals surface area (Å²) in [5.74, 6) is 0.557. The molecule has 0 saturated heterocycles. The van der Waals surface area contributed by atoms with E-state index in [1.807, 2.05) is 4.57 Å². The molecular formula is C13H17N5O4S. The van der Waals surface area contributed by atoms with E-state index in [9.17, 15) is 9.59 Å². The lowest BCUT2D eigenvalue weighted by Crippen LogP contribution is -2.41. The fraction of sp³-hybridized carbons (Fsp3) is 0.385. The highest BCUT2D eigenvalue weighted by molar-refractivity contribution is 7.99. The van der Waals surface area contributed by atoms with Crippen molar-refractivity contribution in [1.29, 1.82) is 0 Å². The number of hydrazine groups is 1. The quantitative estimate of drug-likeness (QED) is 0.556. The second kappa shape index (κ2) is 8.34. The van der Waals surface area contributed by atoms with Crippen molar-refractivity contribution in [3.05, 3.63) is 18.4 Å². The average molecular weight is 339 g/mol. The summed E-state index contributed by atoms with van der Waals surface area (Å²) in [4.78, 5) is 22.4. The van der Waals surface area contributed by atoms with Crippen LogP contribution in [0.2, 0.25) is 0 Å². The van der Waals surface area contributed by atoms with Crippen LogP contribution >= 0.6 is 11.8 Å². The maximum Gasteiger partial charge on any atom is 0.248 e. The first-order chi connectivity index (χ1) is 11.1. The summed E-state index contributed by atoms with van der Waals surface area (Å²) < 4.78 is 12.3. The molecule has 0 fully saturated rings. The molecule has 2 heterocycles. The molecule has 0 bridgehead atoms. The Labute approximate surface area is 136 Å². The number of rotatable bonds is 7. The van der Waals surface area contributed by atoms with Crippen molar-refractivity contribution in [2.24, 2.45) is 0 Å². The third-order valence-corrected chi connectivity index (χ3v) is 3.65. The lowest BCUT2D eigenvalue weighted by atomic mass is 10.4. The molecule has 2 N–H and O–H groups in total. The Balaban J connectivity index is 2.06. The predicted octanol–water partition coefficient (Wildman–Crippen LogP) is 0.444. The third-order valence-electron chi connectivity index (χ3n) is 2.69. The number of nitrogens with one attached hydrogen (secondary N) is 2. The van der Waals surface area contributed by atoms with Crippen LogP contribution in [0.15, 0.2) is 28.0 Å². The van der Waals surface area contributed by atoms with Crippen LogP contribution in [-0.2, 0) is 20.9 Å². The zero-order valence-corrected chi connectivity index (χ0v) is 13.6. The zero-order chi connectivity index (χ0) is 16.7.